The molecular formula is C16H13BrFNO2. The van der Waals surface area contributed by atoms with Gasteiger partial charge in [0.25, 0.3) is 5.91 Å². The molecule has 1 unspecified atom stereocenters. The van der Waals surface area contributed by atoms with E-state index in [1.807, 2.05) is 6.07 Å². The fraction of sp³-hybridized carbons (Fsp3) is 0.188. The van der Waals surface area contributed by atoms with Gasteiger partial charge in [0.05, 0.1) is 4.47 Å². The highest BCUT2D eigenvalue weighted by Crippen LogP contribution is 2.29. The van der Waals surface area contributed by atoms with Crippen molar-refractivity contribution in [2.75, 3.05) is 6.54 Å². The number of hydrogen-bond acceptors (Lipinski definition) is 2. The van der Waals surface area contributed by atoms with Gasteiger partial charge < -0.3 is 10.4 Å². The van der Waals surface area contributed by atoms with E-state index in [0.717, 1.165) is 12.0 Å². The number of nitrogens with one attached hydrogen (secondary N) is 1. The zero-order valence-corrected chi connectivity index (χ0v) is 12.7. The Hall–Kier alpha value is -1.72. The van der Waals surface area contributed by atoms with Crippen molar-refractivity contribution in [3.63, 3.8) is 0 Å². The van der Waals surface area contributed by atoms with Gasteiger partial charge in [-0.2, -0.15) is 0 Å². The largest absolute Gasteiger partial charge is 0.384 e. The molecule has 2 aromatic carbocycles. The first-order chi connectivity index (χ1) is 10.1. The molecule has 3 rings (SSSR count). The molecule has 1 aliphatic heterocycles. The molecular weight excluding hydrogens is 337 g/mol. The third-order valence-electron chi connectivity index (χ3n) is 3.65. The molecule has 0 aliphatic carbocycles. The highest BCUT2D eigenvalue weighted by atomic mass is 79.9. The summed E-state index contributed by atoms with van der Waals surface area (Å²) >= 11 is 3.11. The minimum Gasteiger partial charge on any atom is -0.384 e. The number of halogens is 2. The van der Waals surface area contributed by atoms with E-state index in [-0.39, 0.29) is 11.5 Å². The van der Waals surface area contributed by atoms with E-state index in [2.05, 4.69) is 21.2 Å². The molecule has 5 heteroatoms. The lowest BCUT2D eigenvalue weighted by Crippen LogP contribution is -2.31. The van der Waals surface area contributed by atoms with Gasteiger partial charge in [-0.05, 0) is 45.6 Å². The van der Waals surface area contributed by atoms with Crippen LogP contribution in [0.25, 0.3) is 0 Å². The highest BCUT2D eigenvalue weighted by molar-refractivity contribution is 9.10. The predicted molar refractivity (Wildman–Crippen MR) is 80.6 cm³/mol. The minimum atomic E-state index is -1.11. The van der Waals surface area contributed by atoms with Crippen LogP contribution in [0.3, 0.4) is 0 Å². The zero-order valence-electron chi connectivity index (χ0n) is 11.1. The zero-order chi connectivity index (χ0) is 15.0. The molecule has 0 fully saturated rings. The van der Waals surface area contributed by atoms with E-state index in [1.165, 1.54) is 6.07 Å². The number of carbonyl (C=O) groups is 1. The van der Waals surface area contributed by atoms with Crippen LogP contribution in [0.15, 0.2) is 40.9 Å². The maximum absolute atomic E-state index is 14.1. The maximum atomic E-state index is 14.1. The average Bonchev–Trinajstić information content (AvgIpc) is 2.49. The molecule has 3 nitrogen and oxygen atoms in total. The quantitative estimate of drug-likeness (QED) is 0.875. The van der Waals surface area contributed by atoms with E-state index in [4.69, 9.17) is 0 Å². The molecule has 0 saturated heterocycles. The van der Waals surface area contributed by atoms with Gasteiger partial charge in [0, 0.05) is 17.7 Å². The molecule has 1 heterocycles. The van der Waals surface area contributed by atoms with Gasteiger partial charge in [0.1, 0.15) is 11.9 Å². The fourth-order valence-corrected chi connectivity index (χ4v) is 2.89. The first-order valence-electron chi connectivity index (χ1n) is 6.61. The van der Waals surface area contributed by atoms with Crippen molar-refractivity contribution in [3.05, 3.63) is 68.9 Å². The number of carbonyl (C=O) groups excluding carboxylic acids is 1. The predicted octanol–water partition coefficient (Wildman–Crippen LogP) is 2.96. The number of benzene rings is 2. The van der Waals surface area contributed by atoms with Crippen LogP contribution in [-0.4, -0.2) is 17.6 Å². The van der Waals surface area contributed by atoms with Crippen molar-refractivity contribution in [2.24, 2.45) is 0 Å². The van der Waals surface area contributed by atoms with Gasteiger partial charge in [-0.3, -0.25) is 4.79 Å². The van der Waals surface area contributed by atoms with Gasteiger partial charge >= 0.3 is 0 Å². The molecule has 0 radical (unpaired) electrons. The van der Waals surface area contributed by atoms with E-state index in [0.29, 0.717) is 22.1 Å². The van der Waals surface area contributed by atoms with Crippen molar-refractivity contribution >= 4 is 21.8 Å². The van der Waals surface area contributed by atoms with Gasteiger partial charge in [0.15, 0.2) is 0 Å². The number of amides is 1. The number of aliphatic hydroxyl groups is 1. The van der Waals surface area contributed by atoms with Crippen molar-refractivity contribution in [1.82, 2.24) is 5.32 Å². The summed E-state index contributed by atoms with van der Waals surface area (Å²) in [6.45, 7) is 0.619. The topological polar surface area (TPSA) is 49.3 Å². The lowest BCUT2D eigenvalue weighted by molar-refractivity contribution is 0.0945. The van der Waals surface area contributed by atoms with Crippen LogP contribution in [0.4, 0.5) is 4.39 Å². The Balaban J connectivity index is 2.02. The fourth-order valence-electron chi connectivity index (χ4n) is 2.51. The third kappa shape index (κ3) is 2.59. The number of rotatable bonds is 2. The molecule has 1 aliphatic rings. The van der Waals surface area contributed by atoms with Crippen LogP contribution >= 0.6 is 15.9 Å². The lowest BCUT2D eigenvalue weighted by atomic mass is 9.93. The lowest BCUT2D eigenvalue weighted by Gasteiger charge is -2.19. The first-order valence-corrected chi connectivity index (χ1v) is 7.40. The van der Waals surface area contributed by atoms with Crippen LogP contribution < -0.4 is 5.32 Å². The summed E-state index contributed by atoms with van der Waals surface area (Å²) in [5.74, 6) is -0.646. The molecule has 0 saturated carbocycles. The van der Waals surface area contributed by atoms with Crippen LogP contribution in [0.1, 0.15) is 33.2 Å². The summed E-state index contributed by atoms with van der Waals surface area (Å²) < 4.78 is 14.4. The molecule has 0 bridgehead atoms. The summed E-state index contributed by atoms with van der Waals surface area (Å²) in [5.41, 5.74) is 2.18. The smallest absolute Gasteiger partial charge is 0.251 e. The normalized spacial score (nSPS) is 15.3. The molecule has 0 aromatic heterocycles. The van der Waals surface area contributed by atoms with Gasteiger partial charge in [-0.25, -0.2) is 4.39 Å². The molecule has 1 amide bonds. The van der Waals surface area contributed by atoms with Crippen molar-refractivity contribution in [3.8, 4) is 0 Å². The van der Waals surface area contributed by atoms with Crippen LogP contribution in [0.5, 0.6) is 0 Å². The molecule has 1 atom stereocenters. The SMILES string of the molecule is O=C1NCCc2ccc(C(O)c3cccc(Br)c3F)cc21. The van der Waals surface area contributed by atoms with Crippen molar-refractivity contribution in [2.45, 2.75) is 12.5 Å². The average molecular weight is 350 g/mol. The summed E-state index contributed by atoms with van der Waals surface area (Å²) in [5, 5.41) is 13.2. The Bertz CT molecular complexity index is 717. The second-order valence-electron chi connectivity index (χ2n) is 4.97. The van der Waals surface area contributed by atoms with Gasteiger partial charge in [0.2, 0.25) is 0 Å². The van der Waals surface area contributed by atoms with E-state index in [1.54, 1.807) is 24.3 Å². The van der Waals surface area contributed by atoms with Crippen molar-refractivity contribution < 1.29 is 14.3 Å². The number of aliphatic hydroxyl groups excluding tert-OH is 1. The van der Waals surface area contributed by atoms with Crippen molar-refractivity contribution in [1.29, 1.82) is 0 Å². The van der Waals surface area contributed by atoms with Crippen LogP contribution in [-0.2, 0) is 6.42 Å². The first kappa shape index (κ1) is 14.2. The second kappa shape index (κ2) is 5.58. The summed E-state index contributed by atoms with van der Waals surface area (Å²) in [7, 11) is 0. The Labute approximate surface area is 129 Å². The molecule has 21 heavy (non-hydrogen) atoms. The maximum Gasteiger partial charge on any atom is 0.251 e. The Morgan fingerprint density at radius 3 is 2.90 bits per heavy atom. The monoisotopic (exact) mass is 349 g/mol. The summed E-state index contributed by atoms with van der Waals surface area (Å²) in [6.07, 6.45) is -0.342. The Morgan fingerprint density at radius 1 is 1.29 bits per heavy atom. The standard InChI is InChI=1S/C16H13BrFNO2/c17-13-3-1-2-11(14(13)18)15(20)10-5-4-9-6-7-19-16(21)12(9)8-10/h1-5,8,15,20H,6-7H2,(H,19,21). The Morgan fingerprint density at radius 2 is 2.10 bits per heavy atom. The molecule has 2 N–H and O–H groups in total. The Kier molecular flexibility index (Phi) is 3.78. The molecule has 108 valence electrons. The van der Waals surface area contributed by atoms with Gasteiger partial charge in [-0.15, -0.1) is 0 Å². The molecule has 0 spiro atoms. The number of fused-ring (bicyclic) bond motifs is 1. The van der Waals surface area contributed by atoms with Gasteiger partial charge in [-0.1, -0.05) is 24.3 Å². The highest BCUT2D eigenvalue weighted by Gasteiger charge is 2.21. The summed E-state index contributed by atoms with van der Waals surface area (Å²) in [6, 6.07) is 9.97. The van der Waals surface area contributed by atoms with E-state index in [9.17, 15) is 14.3 Å². The third-order valence-corrected chi connectivity index (χ3v) is 4.26. The molecule has 2 aromatic rings. The number of hydrogen-bond donors (Lipinski definition) is 2. The minimum absolute atomic E-state index is 0.153. The van der Waals surface area contributed by atoms with Crippen LogP contribution in [0.2, 0.25) is 0 Å². The van der Waals surface area contributed by atoms with E-state index >= 15 is 0 Å². The van der Waals surface area contributed by atoms with Crippen LogP contribution in [0, 0.1) is 5.82 Å². The second-order valence-corrected chi connectivity index (χ2v) is 5.82. The summed E-state index contributed by atoms with van der Waals surface area (Å²) in [4.78, 5) is 11.8. The van der Waals surface area contributed by atoms with E-state index < -0.39 is 11.9 Å².